The second-order valence-corrected chi connectivity index (χ2v) is 7.94. The zero-order valence-electron chi connectivity index (χ0n) is 13.7. The number of hydrogen-bond donors (Lipinski definition) is 1. The third kappa shape index (κ3) is 3.28. The molecule has 1 aliphatic heterocycles. The van der Waals surface area contributed by atoms with Gasteiger partial charge in [0, 0.05) is 36.3 Å². The van der Waals surface area contributed by atoms with E-state index >= 15 is 0 Å². The quantitative estimate of drug-likeness (QED) is 0.926. The SMILES string of the molecule is CCN1CCc2ccc(NC(=O)c3cccc(S(C)(=O)=O)c3)cc21. The number of anilines is 2. The Kier molecular flexibility index (Phi) is 4.32. The summed E-state index contributed by atoms with van der Waals surface area (Å²) in [6, 6.07) is 12.0. The van der Waals surface area contributed by atoms with Gasteiger partial charge in [0.2, 0.25) is 0 Å². The monoisotopic (exact) mass is 344 g/mol. The Hall–Kier alpha value is -2.34. The first kappa shape index (κ1) is 16.5. The van der Waals surface area contributed by atoms with Gasteiger partial charge in [-0.3, -0.25) is 4.79 Å². The van der Waals surface area contributed by atoms with Crippen molar-refractivity contribution in [2.45, 2.75) is 18.2 Å². The number of fused-ring (bicyclic) bond motifs is 1. The van der Waals surface area contributed by atoms with E-state index in [0.717, 1.165) is 31.5 Å². The van der Waals surface area contributed by atoms with E-state index in [9.17, 15) is 13.2 Å². The molecule has 2 aromatic rings. The topological polar surface area (TPSA) is 66.5 Å². The van der Waals surface area contributed by atoms with Crippen LogP contribution in [-0.4, -0.2) is 33.7 Å². The first-order chi connectivity index (χ1) is 11.4. The van der Waals surface area contributed by atoms with Gasteiger partial charge in [0.05, 0.1) is 4.90 Å². The van der Waals surface area contributed by atoms with Gasteiger partial charge < -0.3 is 10.2 Å². The van der Waals surface area contributed by atoms with Crippen LogP contribution in [0.3, 0.4) is 0 Å². The second kappa shape index (κ2) is 6.28. The lowest BCUT2D eigenvalue weighted by Gasteiger charge is -2.17. The molecule has 0 radical (unpaired) electrons. The van der Waals surface area contributed by atoms with Crippen LogP contribution >= 0.6 is 0 Å². The predicted molar refractivity (Wildman–Crippen MR) is 95.5 cm³/mol. The molecule has 1 aliphatic rings. The molecule has 6 heteroatoms. The number of carbonyl (C=O) groups is 1. The molecule has 0 spiro atoms. The van der Waals surface area contributed by atoms with Gasteiger partial charge >= 0.3 is 0 Å². The highest BCUT2D eigenvalue weighted by Crippen LogP contribution is 2.30. The molecule has 24 heavy (non-hydrogen) atoms. The third-order valence-corrected chi connectivity index (χ3v) is 5.35. The minimum absolute atomic E-state index is 0.140. The highest BCUT2D eigenvalue weighted by atomic mass is 32.2. The Balaban J connectivity index is 1.83. The minimum atomic E-state index is -3.34. The van der Waals surface area contributed by atoms with Crippen molar-refractivity contribution in [2.75, 3.05) is 29.6 Å². The molecule has 1 N–H and O–H groups in total. The molecule has 0 unspecified atom stereocenters. The second-order valence-electron chi connectivity index (χ2n) is 5.93. The molecule has 1 heterocycles. The molecule has 0 atom stereocenters. The zero-order valence-corrected chi connectivity index (χ0v) is 14.6. The van der Waals surface area contributed by atoms with Gasteiger partial charge in [-0.25, -0.2) is 8.42 Å². The number of nitrogens with one attached hydrogen (secondary N) is 1. The maximum Gasteiger partial charge on any atom is 0.255 e. The molecule has 0 fully saturated rings. The zero-order chi connectivity index (χ0) is 17.3. The van der Waals surface area contributed by atoms with Crippen molar-refractivity contribution in [1.82, 2.24) is 0 Å². The van der Waals surface area contributed by atoms with Crippen LogP contribution in [0.15, 0.2) is 47.4 Å². The van der Waals surface area contributed by atoms with Crippen LogP contribution in [0.2, 0.25) is 0 Å². The normalized spacial score (nSPS) is 13.7. The van der Waals surface area contributed by atoms with Crippen LogP contribution in [0, 0.1) is 0 Å². The number of benzene rings is 2. The van der Waals surface area contributed by atoms with Gasteiger partial charge in [-0.15, -0.1) is 0 Å². The Morgan fingerprint density at radius 1 is 1.21 bits per heavy atom. The lowest BCUT2D eigenvalue weighted by atomic mass is 10.1. The number of rotatable bonds is 4. The molecule has 0 saturated carbocycles. The Morgan fingerprint density at radius 2 is 2.00 bits per heavy atom. The lowest BCUT2D eigenvalue weighted by molar-refractivity contribution is 0.102. The molecular formula is C18H20N2O3S. The van der Waals surface area contributed by atoms with Crippen LogP contribution in [0.1, 0.15) is 22.8 Å². The van der Waals surface area contributed by atoms with Crippen LogP contribution in [0.25, 0.3) is 0 Å². The minimum Gasteiger partial charge on any atom is -0.371 e. The number of carbonyl (C=O) groups excluding carboxylic acids is 1. The summed E-state index contributed by atoms with van der Waals surface area (Å²) in [4.78, 5) is 14.8. The summed E-state index contributed by atoms with van der Waals surface area (Å²) in [7, 11) is -3.34. The fourth-order valence-electron chi connectivity index (χ4n) is 2.92. The summed E-state index contributed by atoms with van der Waals surface area (Å²) in [6.07, 6.45) is 2.15. The van der Waals surface area contributed by atoms with E-state index in [-0.39, 0.29) is 10.8 Å². The van der Waals surface area contributed by atoms with E-state index in [2.05, 4.69) is 17.1 Å². The van der Waals surface area contributed by atoms with E-state index < -0.39 is 9.84 Å². The largest absolute Gasteiger partial charge is 0.371 e. The van der Waals surface area contributed by atoms with Gasteiger partial charge in [-0.1, -0.05) is 12.1 Å². The van der Waals surface area contributed by atoms with Crippen LogP contribution in [0.5, 0.6) is 0 Å². The van der Waals surface area contributed by atoms with Gasteiger partial charge in [0.1, 0.15) is 0 Å². The van der Waals surface area contributed by atoms with E-state index in [1.165, 1.54) is 17.7 Å². The third-order valence-electron chi connectivity index (χ3n) is 4.24. The molecule has 126 valence electrons. The van der Waals surface area contributed by atoms with Crippen LogP contribution in [0.4, 0.5) is 11.4 Å². The average Bonchev–Trinajstić information content (AvgIpc) is 2.96. The van der Waals surface area contributed by atoms with Crippen molar-refractivity contribution < 1.29 is 13.2 Å². The summed E-state index contributed by atoms with van der Waals surface area (Å²) >= 11 is 0. The molecule has 0 saturated heterocycles. The fraction of sp³-hybridized carbons (Fsp3) is 0.278. The standard InChI is InChI=1S/C18H20N2O3S/c1-3-20-10-9-13-7-8-15(12-17(13)20)19-18(21)14-5-4-6-16(11-14)24(2,22)23/h4-8,11-12H,3,9-10H2,1-2H3,(H,19,21). The van der Waals surface area contributed by atoms with Crippen LogP contribution < -0.4 is 10.2 Å². The van der Waals surface area contributed by atoms with E-state index in [1.54, 1.807) is 12.1 Å². The summed E-state index contributed by atoms with van der Waals surface area (Å²) in [5, 5.41) is 2.85. The molecule has 1 amide bonds. The van der Waals surface area contributed by atoms with Crippen molar-refractivity contribution >= 4 is 27.1 Å². The molecule has 5 nitrogen and oxygen atoms in total. The van der Waals surface area contributed by atoms with Gasteiger partial charge in [0.15, 0.2) is 9.84 Å². The van der Waals surface area contributed by atoms with Crippen LogP contribution in [-0.2, 0) is 16.3 Å². The number of hydrogen-bond acceptors (Lipinski definition) is 4. The van der Waals surface area contributed by atoms with Crippen molar-refractivity contribution in [3.8, 4) is 0 Å². The number of amides is 1. The highest BCUT2D eigenvalue weighted by Gasteiger charge is 2.18. The van der Waals surface area contributed by atoms with Gasteiger partial charge in [-0.2, -0.15) is 0 Å². The molecule has 0 aromatic heterocycles. The summed E-state index contributed by atoms with van der Waals surface area (Å²) in [6.45, 7) is 4.04. The number of likely N-dealkylation sites (N-methyl/N-ethyl adjacent to an activating group) is 1. The average molecular weight is 344 g/mol. The summed E-state index contributed by atoms with van der Waals surface area (Å²) in [5.74, 6) is -0.318. The van der Waals surface area contributed by atoms with Crippen molar-refractivity contribution in [3.63, 3.8) is 0 Å². The molecule has 0 aliphatic carbocycles. The summed E-state index contributed by atoms with van der Waals surface area (Å²) in [5.41, 5.74) is 3.48. The fourth-order valence-corrected chi connectivity index (χ4v) is 3.59. The van der Waals surface area contributed by atoms with Gasteiger partial charge in [0.25, 0.3) is 5.91 Å². The molecule has 2 aromatic carbocycles. The number of sulfone groups is 1. The molecule has 0 bridgehead atoms. The predicted octanol–water partition coefficient (Wildman–Crippen LogP) is 2.72. The molecule has 3 rings (SSSR count). The maximum atomic E-state index is 12.4. The Morgan fingerprint density at radius 3 is 2.71 bits per heavy atom. The van der Waals surface area contributed by atoms with E-state index in [0.29, 0.717) is 11.3 Å². The Labute approximate surface area is 142 Å². The van der Waals surface area contributed by atoms with E-state index in [4.69, 9.17) is 0 Å². The van der Waals surface area contributed by atoms with Crippen molar-refractivity contribution in [1.29, 1.82) is 0 Å². The summed E-state index contributed by atoms with van der Waals surface area (Å²) < 4.78 is 23.3. The number of nitrogens with zero attached hydrogens (tertiary/aromatic N) is 1. The first-order valence-electron chi connectivity index (χ1n) is 7.88. The highest BCUT2D eigenvalue weighted by molar-refractivity contribution is 7.90. The molecular weight excluding hydrogens is 324 g/mol. The van der Waals surface area contributed by atoms with E-state index in [1.807, 2.05) is 18.2 Å². The van der Waals surface area contributed by atoms with Crippen molar-refractivity contribution in [3.05, 3.63) is 53.6 Å². The maximum absolute atomic E-state index is 12.4. The first-order valence-corrected chi connectivity index (χ1v) is 9.77. The Bertz CT molecular complexity index is 891. The van der Waals surface area contributed by atoms with Crippen molar-refractivity contribution in [2.24, 2.45) is 0 Å². The van der Waals surface area contributed by atoms with Gasteiger partial charge in [-0.05, 0) is 49.2 Å². The smallest absolute Gasteiger partial charge is 0.255 e. The lowest BCUT2D eigenvalue weighted by Crippen LogP contribution is -2.19.